The van der Waals surface area contributed by atoms with Gasteiger partial charge >= 0.3 is 5.97 Å². The highest BCUT2D eigenvalue weighted by Crippen LogP contribution is 2.38. The average molecular weight is 447 g/mol. The highest BCUT2D eigenvalue weighted by atomic mass is 35.5. The Morgan fingerprint density at radius 3 is 2.86 bits per heavy atom. The minimum atomic E-state index is -4.03. The molecular formula is C18H23ClN2O7S. The molecule has 2 aliphatic heterocycles. The smallest absolute Gasteiger partial charge is 0.325 e. The van der Waals surface area contributed by atoms with Crippen molar-refractivity contribution in [2.24, 2.45) is 0 Å². The van der Waals surface area contributed by atoms with E-state index in [1.54, 1.807) is 6.92 Å². The molecule has 9 nitrogen and oxygen atoms in total. The molecule has 0 aliphatic carbocycles. The van der Waals surface area contributed by atoms with Crippen LogP contribution in [-0.2, 0) is 35.5 Å². The number of esters is 1. The number of nitrogens with zero attached hydrogens (tertiary/aromatic N) is 1. The first-order valence-electron chi connectivity index (χ1n) is 9.26. The van der Waals surface area contributed by atoms with E-state index in [2.05, 4.69) is 5.32 Å². The lowest BCUT2D eigenvalue weighted by Gasteiger charge is -2.33. The number of ether oxygens (including phenoxy) is 3. The third-order valence-corrected chi connectivity index (χ3v) is 6.79. The van der Waals surface area contributed by atoms with Gasteiger partial charge in [-0.05, 0) is 26.0 Å². The molecule has 0 bridgehead atoms. The SMILES string of the molecule is CCOC(=O)CNC(=O)[C@H]1COCCN1S(=O)(=O)c1cc(Cl)c2c(c1)C[C@H](C)O2. The van der Waals surface area contributed by atoms with E-state index in [9.17, 15) is 18.0 Å². The predicted octanol–water partition coefficient (Wildman–Crippen LogP) is 0.732. The van der Waals surface area contributed by atoms with Crippen molar-refractivity contribution >= 4 is 33.5 Å². The Kier molecular flexibility index (Phi) is 6.67. The van der Waals surface area contributed by atoms with Crippen molar-refractivity contribution in [3.8, 4) is 5.75 Å². The van der Waals surface area contributed by atoms with Gasteiger partial charge in [-0.15, -0.1) is 0 Å². The molecule has 0 aromatic heterocycles. The van der Waals surface area contributed by atoms with Crippen LogP contribution < -0.4 is 10.1 Å². The van der Waals surface area contributed by atoms with E-state index in [0.717, 1.165) is 4.31 Å². The van der Waals surface area contributed by atoms with Crippen molar-refractivity contribution in [1.29, 1.82) is 0 Å². The van der Waals surface area contributed by atoms with Gasteiger partial charge in [0.2, 0.25) is 15.9 Å². The number of nitrogens with one attached hydrogen (secondary N) is 1. The monoisotopic (exact) mass is 446 g/mol. The zero-order valence-corrected chi connectivity index (χ0v) is 17.7. The lowest BCUT2D eigenvalue weighted by molar-refractivity contribution is -0.144. The second-order valence-corrected chi connectivity index (χ2v) is 9.05. The van der Waals surface area contributed by atoms with Crippen molar-refractivity contribution in [2.45, 2.75) is 37.3 Å². The average Bonchev–Trinajstić information content (AvgIpc) is 3.07. The first-order chi connectivity index (χ1) is 13.7. The number of benzene rings is 1. The van der Waals surface area contributed by atoms with Crippen LogP contribution in [0.1, 0.15) is 19.4 Å². The molecule has 1 N–H and O–H groups in total. The Balaban J connectivity index is 1.83. The Morgan fingerprint density at radius 1 is 1.38 bits per heavy atom. The number of hydrogen-bond donors (Lipinski definition) is 1. The summed E-state index contributed by atoms with van der Waals surface area (Å²) in [6, 6.07) is 1.75. The number of morpholine rings is 1. The summed E-state index contributed by atoms with van der Waals surface area (Å²) in [5, 5.41) is 2.61. The van der Waals surface area contributed by atoms with Crippen LogP contribution in [-0.4, -0.2) is 69.7 Å². The molecule has 1 aromatic rings. The molecule has 2 aliphatic rings. The van der Waals surface area contributed by atoms with Crippen molar-refractivity contribution < 1.29 is 32.2 Å². The van der Waals surface area contributed by atoms with Gasteiger partial charge in [0.15, 0.2) is 0 Å². The molecule has 0 radical (unpaired) electrons. The molecular weight excluding hydrogens is 424 g/mol. The van der Waals surface area contributed by atoms with E-state index in [1.807, 2.05) is 6.92 Å². The lowest BCUT2D eigenvalue weighted by Crippen LogP contribution is -2.56. The second kappa shape index (κ2) is 8.86. The minimum Gasteiger partial charge on any atom is -0.489 e. The largest absolute Gasteiger partial charge is 0.489 e. The van der Waals surface area contributed by atoms with Crippen LogP contribution in [0.4, 0.5) is 0 Å². The first-order valence-corrected chi connectivity index (χ1v) is 11.1. The lowest BCUT2D eigenvalue weighted by atomic mass is 10.1. The first kappa shape index (κ1) is 21.8. The summed E-state index contributed by atoms with van der Waals surface area (Å²) in [5.74, 6) is -0.749. The number of halogens is 1. The molecule has 160 valence electrons. The fourth-order valence-corrected chi connectivity index (χ4v) is 5.30. The molecule has 0 spiro atoms. The third-order valence-electron chi connectivity index (χ3n) is 4.62. The van der Waals surface area contributed by atoms with Crippen LogP contribution in [0.25, 0.3) is 0 Å². The van der Waals surface area contributed by atoms with Gasteiger partial charge in [-0.3, -0.25) is 9.59 Å². The molecule has 2 heterocycles. The third kappa shape index (κ3) is 4.66. The fraction of sp³-hybridized carbons (Fsp3) is 0.556. The zero-order chi connectivity index (χ0) is 21.2. The van der Waals surface area contributed by atoms with Gasteiger partial charge in [-0.2, -0.15) is 4.31 Å². The Morgan fingerprint density at radius 2 is 2.14 bits per heavy atom. The highest BCUT2D eigenvalue weighted by molar-refractivity contribution is 7.89. The topological polar surface area (TPSA) is 111 Å². The maximum Gasteiger partial charge on any atom is 0.325 e. The van der Waals surface area contributed by atoms with E-state index >= 15 is 0 Å². The van der Waals surface area contributed by atoms with Gasteiger partial charge in [0.25, 0.3) is 0 Å². The number of carbonyl (C=O) groups excluding carboxylic acids is 2. The van der Waals surface area contributed by atoms with E-state index in [1.165, 1.54) is 12.1 Å². The zero-order valence-electron chi connectivity index (χ0n) is 16.1. The quantitative estimate of drug-likeness (QED) is 0.641. The number of amides is 1. The van der Waals surface area contributed by atoms with Gasteiger partial charge < -0.3 is 19.5 Å². The van der Waals surface area contributed by atoms with Crippen molar-refractivity contribution in [3.63, 3.8) is 0 Å². The van der Waals surface area contributed by atoms with Crippen LogP contribution in [0.2, 0.25) is 5.02 Å². The summed E-state index contributed by atoms with van der Waals surface area (Å²) in [5.41, 5.74) is 0.708. The summed E-state index contributed by atoms with van der Waals surface area (Å²) in [6.07, 6.45) is 0.454. The number of rotatable bonds is 6. The van der Waals surface area contributed by atoms with Crippen LogP contribution >= 0.6 is 11.6 Å². The Bertz CT molecular complexity index is 906. The number of fused-ring (bicyclic) bond motifs is 1. The summed E-state index contributed by atoms with van der Waals surface area (Å²) >= 11 is 6.23. The number of hydrogen-bond acceptors (Lipinski definition) is 7. The van der Waals surface area contributed by atoms with Gasteiger partial charge in [0.05, 0.1) is 29.7 Å². The van der Waals surface area contributed by atoms with Crippen LogP contribution in [0.5, 0.6) is 5.75 Å². The maximum atomic E-state index is 13.3. The molecule has 1 fully saturated rings. The Labute approximate surface area is 174 Å². The predicted molar refractivity (Wildman–Crippen MR) is 103 cm³/mol. The summed E-state index contributed by atoms with van der Waals surface area (Å²) < 4.78 is 43.3. The number of carbonyl (C=O) groups is 2. The molecule has 29 heavy (non-hydrogen) atoms. The summed E-state index contributed by atoms with van der Waals surface area (Å²) in [6.45, 7) is 3.39. The molecule has 1 amide bonds. The molecule has 0 saturated carbocycles. The van der Waals surface area contributed by atoms with Gasteiger partial charge in [0, 0.05) is 18.5 Å². The van der Waals surface area contributed by atoms with Crippen molar-refractivity contribution in [1.82, 2.24) is 9.62 Å². The standard InChI is InChI=1S/C18H23ClN2O7S/c1-3-27-16(22)9-20-18(23)15-10-26-5-4-21(15)29(24,25)13-7-12-6-11(2)28-17(12)14(19)8-13/h7-8,11,15H,3-6,9-10H2,1-2H3,(H,20,23)/t11-,15+/m0/s1. The molecule has 2 atom stereocenters. The van der Waals surface area contributed by atoms with Gasteiger partial charge in [-0.25, -0.2) is 8.42 Å². The summed E-state index contributed by atoms with van der Waals surface area (Å²) in [7, 11) is -4.03. The van der Waals surface area contributed by atoms with E-state index in [0.29, 0.717) is 17.7 Å². The fourth-order valence-electron chi connectivity index (χ4n) is 3.31. The second-order valence-electron chi connectivity index (χ2n) is 6.76. The van der Waals surface area contributed by atoms with Crippen LogP contribution in [0, 0.1) is 0 Å². The molecule has 11 heteroatoms. The van der Waals surface area contributed by atoms with Crippen molar-refractivity contribution in [2.75, 3.05) is 32.9 Å². The van der Waals surface area contributed by atoms with Gasteiger partial charge in [0.1, 0.15) is 24.4 Å². The normalized spacial score (nSPS) is 21.9. The minimum absolute atomic E-state index is 0.00142. The van der Waals surface area contributed by atoms with Crippen LogP contribution in [0.3, 0.4) is 0 Å². The molecule has 1 saturated heterocycles. The van der Waals surface area contributed by atoms with Crippen molar-refractivity contribution in [3.05, 3.63) is 22.7 Å². The molecule has 1 aromatic carbocycles. The number of sulfonamides is 1. The molecule has 0 unspecified atom stereocenters. The highest BCUT2D eigenvalue weighted by Gasteiger charge is 2.39. The Hall–Kier alpha value is -1.88. The van der Waals surface area contributed by atoms with E-state index in [4.69, 9.17) is 25.8 Å². The maximum absolute atomic E-state index is 13.3. The van der Waals surface area contributed by atoms with E-state index in [-0.39, 0.29) is 48.9 Å². The molecule has 3 rings (SSSR count). The summed E-state index contributed by atoms with van der Waals surface area (Å²) in [4.78, 5) is 24.0. The van der Waals surface area contributed by atoms with Crippen LogP contribution in [0.15, 0.2) is 17.0 Å². The van der Waals surface area contributed by atoms with E-state index < -0.39 is 27.9 Å². The van der Waals surface area contributed by atoms with Gasteiger partial charge in [-0.1, -0.05) is 11.6 Å².